The maximum Gasteiger partial charge on any atom is 0.414 e. The number of rotatable bonds is 3. The first-order valence-electron chi connectivity index (χ1n) is 8.68. The lowest BCUT2D eigenvalue weighted by atomic mass is 9.91. The van der Waals surface area contributed by atoms with Gasteiger partial charge in [0.1, 0.15) is 18.8 Å². The highest BCUT2D eigenvalue weighted by Crippen LogP contribution is 2.38. The molecule has 0 spiro atoms. The molecule has 2 aliphatic heterocycles. The van der Waals surface area contributed by atoms with Crippen LogP contribution in [0, 0.1) is 0 Å². The van der Waals surface area contributed by atoms with Gasteiger partial charge in [-0.2, -0.15) is 0 Å². The second-order valence-corrected chi connectivity index (χ2v) is 6.40. The van der Waals surface area contributed by atoms with Gasteiger partial charge in [-0.15, -0.1) is 0 Å². The molecule has 1 amide bonds. The smallest absolute Gasteiger partial charge is 0.414 e. The highest BCUT2D eigenvalue weighted by atomic mass is 16.6. The van der Waals surface area contributed by atoms with Gasteiger partial charge in [0.15, 0.2) is 0 Å². The minimum Gasteiger partial charge on any atom is -0.460 e. The first-order chi connectivity index (χ1) is 12.7. The van der Waals surface area contributed by atoms with Crippen LogP contribution >= 0.6 is 0 Å². The van der Waals surface area contributed by atoms with E-state index in [1.807, 2.05) is 60.7 Å². The van der Waals surface area contributed by atoms with E-state index in [9.17, 15) is 9.59 Å². The number of hydrogen-bond donors (Lipinski definition) is 0. The Kier molecular flexibility index (Phi) is 4.44. The van der Waals surface area contributed by atoms with Gasteiger partial charge in [0.05, 0.1) is 0 Å². The Hall–Kier alpha value is -3.08. The predicted octanol–water partition coefficient (Wildman–Crippen LogP) is 4.06. The third-order valence-corrected chi connectivity index (χ3v) is 4.71. The first kappa shape index (κ1) is 16.4. The lowest BCUT2D eigenvalue weighted by molar-refractivity contribution is -0.143. The summed E-state index contributed by atoms with van der Waals surface area (Å²) in [5.74, 6) is -0.223. The number of cyclic esters (lactones) is 1. The van der Waals surface area contributed by atoms with Crippen LogP contribution in [-0.4, -0.2) is 23.1 Å². The van der Waals surface area contributed by atoms with Gasteiger partial charge in [-0.25, -0.2) is 4.79 Å². The lowest BCUT2D eigenvalue weighted by Crippen LogP contribution is -2.39. The van der Waals surface area contributed by atoms with E-state index in [0.29, 0.717) is 12.8 Å². The molecule has 1 fully saturated rings. The van der Waals surface area contributed by atoms with Crippen molar-refractivity contribution in [2.45, 2.75) is 31.6 Å². The Morgan fingerprint density at radius 1 is 1.12 bits per heavy atom. The van der Waals surface area contributed by atoms with E-state index >= 15 is 0 Å². The number of carbonyl (C=O) groups excluding carboxylic acids is 2. The van der Waals surface area contributed by atoms with E-state index in [1.54, 1.807) is 6.20 Å². The summed E-state index contributed by atoms with van der Waals surface area (Å²) < 4.78 is 11.0. The van der Waals surface area contributed by atoms with E-state index in [0.717, 1.165) is 16.7 Å². The Morgan fingerprint density at radius 2 is 1.88 bits per heavy atom. The second kappa shape index (κ2) is 7.04. The molecule has 2 aromatic carbocycles. The molecular formula is C21H19NO4. The quantitative estimate of drug-likeness (QED) is 0.784. The average molecular weight is 349 g/mol. The minimum absolute atomic E-state index is 0.197. The zero-order valence-electron chi connectivity index (χ0n) is 14.2. The summed E-state index contributed by atoms with van der Waals surface area (Å²) in [5.41, 5.74) is 2.91. The van der Waals surface area contributed by atoms with Crippen LogP contribution in [0.1, 0.15) is 35.6 Å². The fourth-order valence-corrected chi connectivity index (χ4v) is 3.45. The monoisotopic (exact) mass is 349 g/mol. The molecule has 2 aromatic rings. The number of fused-ring (bicyclic) bond motifs is 1. The largest absolute Gasteiger partial charge is 0.460 e. The average Bonchev–Trinajstić information content (AvgIpc) is 3.12. The molecular weight excluding hydrogens is 330 g/mol. The van der Waals surface area contributed by atoms with Gasteiger partial charge in [-0.1, -0.05) is 54.6 Å². The Morgan fingerprint density at radius 3 is 2.65 bits per heavy atom. The van der Waals surface area contributed by atoms with Crippen molar-refractivity contribution in [2.24, 2.45) is 0 Å². The van der Waals surface area contributed by atoms with Crippen LogP contribution in [0.5, 0.6) is 0 Å². The van der Waals surface area contributed by atoms with Crippen LogP contribution < -0.4 is 0 Å². The number of nitrogens with zero attached hydrogens (tertiary/aromatic N) is 1. The summed E-state index contributed by atoms with van der Waals surface area (Å²) in [4.78, 5) is 25.9. The predicted molar refractivity (Wildman–Crippen MR) is 95.8 cm³/mol. The number of benzene rings is 2. The van der Waals surface area contributed by atoms with E-state index in [1.165, 1.54) is 4.90 Å². The summed E-state index contributed by atoms with van der Waals surface area (Å²) in [7, 11) is 0. The molecule has 132 valence electrons. The van der Waals surface area contributed by atoms with Crippen molar-refractivity contribution >= 4 is 18.1 Å². The van der Waals surface area contributed by atoms with Gasteiger partial charge in [0, 0.05) is 12.6 Å². The third-order valence-electron chi connectivity index (χ3n) is 4.71. The third kappa shape index (κ3) is 3.20. The van der Waals surface area contributed by atoms with E-state index in [2.05, 4.69) is 0 Å². The fourth-order valence-electron chi connectivity index (χ4n) is 3.45. The van der Waals surface area contributed by atoms with E-state index in [4.69, 9.17) is 9.47 Å². The van der Waals surface area contributed by atoms with Gasteiger partial charge in [-0.3, -0.25) is 9.69 Å². The molecule has 0 radical (unpaired) electrons. The summed E-state index contributed by atoms with van der Waals surface area (Å²) in [5, 5.41) is 0. The van der Waals surface area contributed by atoms with Crippen molar-refractivity contribution in [3.8, 4) is 0 Å². The molecule has 0 aliphatic carbocycles. The maximum absolute atomic E-state index is 12.7. The maximum atomic E-state index is 12.7. The highest BCUT2D eigenvalue weighted by Gasteiger charge is 2.40. The van der Waals surface area contributed by atoms with Crippen LogP contribution in [0.4, 0.5) is 4.79 Å². The molecule has 2 atom stereocenters. The summed E-state index contributed by atoms with van der Waals surface area (Å²) >= 11 is 0. The molecule has 0 aromatic heterocycles. The molecule has 0 bridgehead atoms. The van der Waals surface area contributed by atoms with Crippen molar-refractivity contribution in [3.05, 3.63) is 77.5 Å². The molecule has 26 heavy (non-hydrogen) atoms. The van der Waals surface area contributed by atoms with Crippen molar-refractivity contribution in [3.63, 3.8) is 0 Å². The Bertz CT molecular complexity index is 846. The summed E-state index contributed by atoms with van der Waals surface area (Å²) in [6.45, 7) is 0.197. The van der Waals surface area contributed by atoms with Gasteiger partial charge in [0.25, 0.3) is 0 Å². The second-order valence-electron chi connectivity index (χ2n) is 6.40. The minimum atomic E-state index is -0.451. The van der Waals surface area contributed by atoms with Crippen molar-refractivity contribution in [1.82, 2.24) is 4.90 Å². The summed E-state index contributed by atoms with van der Waals surface area (Å²) in [6, 6.07) is 17.0. The van der Waals surface area contributed by atoms with Crippen LogP contribution in [0.2, 0.25) is 0 Å². The van der Waals surface area contributed by atoms with Crippen LogP contribution in [0.3, 0.4) is 0 Å². The van der Waals surface area contributed by atoms with Crippen molar-refractivity contribution < 1.29 is 19.1 Å². The number of carbonyl (C=O) groups is 2. The van der Waals surface area contributed by atoms with Crippen molar-refractivity contribution in [1.29, 1.82) is 0 Å². The standard InChI is InChI=1S/C21H19NO4/c23-19-11-10-18(26-19)20-17-9-5-4-8-16(17)12-13-22(20)21(24)25-14-15-6-2-1-3-7-15/h1-9,12-13,18,20H,10-11,14H2/t18-,20-/m1/s1. The van der Waals surface area contributed by atoms with Crippen LogP contribution in [0.15, 0.2) is 60.8 Å². The first-order valence-corrected chi connectivity index (χ1v) is 8.68. The SMILES string of the molecule is O=C1CC[C@H]([C@H]2c3ccccc3C=CN2C(=O)OCc2ccccc2)O1. The molecule has 0 saturated carbocycles. The van der Waals surface area contributed by atoms with Crippen LogP contribution in [0.25, 0.3) is 6.08 Å². The van der Waals surface area contributed by atoms with E-state index in [-0.39, 0.29) is 24.7 Å². The zero-order valence-corrected chi connectivity index (χ0v) is 14.2. The molecule has 0 N–H and O–H groups in total. The highest BCUT2D eigenvalue weighted by molar-refractivity contribution is 5.75. The fraction of sp³-hybridized carbons (Fsp3) is 0.238. The van der Waals surface area contributed by atoms with Gasteiger partial charge >= 0.3 is 12.1 Å². The van der Waals surface area contributed by atoms with Gasteiger partial charge in [0.2, 0.25) is 0 Å². The lowest BCUT2D eigenvalue weighted by Gasteiger charge is -2.35. The Balaban J connectivity index is 1.57. The summed E-state index contributed by atoms with van der Waals surface area (Å²) in [6.07, 6.45) is 3.75. The number of ether oxygens (including phenoxy) is 2. The molecule has 5 heteroatoms. The molecule has 0 unspecified atom stereocenters. The van der Waals surface area contributed by atoms with Gasteiger partial charge < -0.3 is 9.47 Å². The molecule has 4 rings (SSSR count). The van der Waals surface area contributed by atoms with Crippen molar-refractivity contribution in [2.75, 3.05) is 0 Å². The molecule has 2 aliphatic rings. The topological polar surface area (TPSA) is 55.8 Å². The number of amides is 1. The molecule has 2 heterocycles. The zero-order chi connectivity index (χ0) is 17.9. The number of esters is 1. The Labute approximate surface area is 151 Å². The molecule has 5 nitrogen and oxygen atoms in total. The normalized spacial score (nSPS) is 21.2. The number of hydrogen-bond acceptors (Lipinski definition) is 4. The van der Waals surface area contributed by atoms with Gasteiger partial charge in [-0.05, 0) is 29.2 Å². The molecule has 1 saturated heterocycles. The van der Waals surface area contributed by atoms with E-state index < -0.39 is 6.09 Å². The van der Waals surface area contributed by atoms with Crippen LogP contribution in [-0.2, 0) is 20.9 Å².